The third-order valence-electron chi connectivity index (χ3n) is 4.19. The Morgan fingerprint density at radius 2 is 1.87 bits per heavy atom. The van der Waals surface area contributed by atoms with Crippen LogP contribution in [0, 0.1) is 5.82 Å². The van der Waals surface area contributed by atoms with Gasteiger partial charge in [0.2, 0.25) is 0 Å². The largest absolute Gasteiger partial charge is 0.472 e. The third-order valence-corrected chi connectivity index (χ3v) is 5.27. The normalized spacial score (nSPS) is 11.3. The van der Waals surface area contributed by atoms with Crippen molar-refractivity contribution in [2.24, 2.45) is 4.99 Å². The lowest BCUT2D eigenvalue weighted by molar-refractivity contribution is 0.399. The highest BCUT2D eigenvalue weighted by molar-refractivity contribution is 7.99. The molecular formula is C22H15ClFN3O2S. The maximum atomic E-state index is 13.2. The van der Waals surface area contributed by atoms with E-state index in [0.717, 1.165) is 5.69 Å². The molecule has 0 aliphatic heterocycles. The van der Waals surface area contributed by atoms with Crippen molar-refractivity contribution in [2.45, 2.75) is 5.16 Å². The molecule has 0 fully saturated rings. The van der Waals surface area contributed by atoms with Crippen molar-refractivity contribution < 1.29 is 9.13 Å². The van der Waals surface area contributed by atoms with E-state index >= 15 is 0 Å². The minimum absolute atomic E-state index is 0.00809. The molecule has 0 saturated heterocycles. The van der Waals surface area contributed by atoms with Crippen molar-refractivity contribution in [1.82, 2.24) is 9.55 Å². The van der Waals surface area contributed by atoms with E-state index in [9.17, 15) is 9.18 Å². The van der Waals surface area contributed by atoms with Crippen molar-refractivity contribution in [2.75, 3.05) is 5.94 Å². The smallest absolute Gasteiger partial charge is 0.266 e. The minimum Gasteiger partial charge on any atom is -0.472 e. The molecule has 4 aromatic rings. The Bertz CT molecular complexity index is 1280. The maximum Gasteiger partial charge on any atom is 0.266 e. The highest BCUT2D eigenvalue weighted by atomic mass is 35.5. The number of nitrogens with zero attached hydrogens (tertiary/aromatic N) is 3. The summed E-state index contributed by atoms with van der Waals surface area (Å²) in [6, 6.07) is 20.7. The number of aliphatic imine (C=N–C) groups is 1. The number of aromatic nitrogens is 2. The standard InChI is InChI=1S/C22H15ClFN3O2S/c23-18-12-15(10-11-19(18)24)25-13-29-14-30-22-26-20-9-5-4-8-17(20)21(28)27(22)16-6-2-1-3-7-16/h1-13H,14H2. The molecule has 0 spiro atoms. The van der Waals surface area contributed by atoms with Crippen LogP contribution in [-0.4, -0.2) is 21.9 Å². The Labute approximate surface area is 180 Å². The first kappa shape index (κ1) is 20.1. The second-order valence-electron chi connectivity index (χ2n) is 6.15. The average molecular weight is 440 g/mol. The molecule has 3 aromatic carbocycles. The molecule has 30 heavy (non-hydrogen) atoms. The van der Waals surface area contributed by atoms with E-state index in [1.54, 1.807) is 16.7 Å². The molecular weight excluding hydrogens is 425 g/mol. The number of rotatable bonds is 6. The molecule has 0 aliphatic carbocycles. The van der Waals surface area contributed by atoms with E-state index in [0.29, 0.717) is 21.7 Å². The fourth-order valence-electron chi connectivity index (χ4n) is 2.79. The predicted octanol–water partition coefficient (Wildman–Crippen LogP) is 5.60. The first-order valence-corrected chi connectivity index (χ1v) is 10.3. The Hall–Kier alpha value is -3.16. The van der Waals surface area contributed by atoms with Gasteiger partial charge in [-0.05, 0) is 54.2 Å². The summed E-state index contributed by atoms with van der Waals surface area (Å²) in [5, 5.41) is 1.04. The van der Waals surface area contributed by atoms with Crippen LogP contribution < -0.4 is 5.56 Å². The van der Waals surface area contributed by atoms with Crippen molar-refractivity contribution in [1.29, 1.82) is 0 Å². The molecule has 0 atom stereocenters. The van der Waals surface area contributed by atoms with Crippen LogP contribution >= 0.6 is 23.4 Å². The summed E-state index contributed by atoms with van der Waals surface area (Å²) in [6.45, 7) is 0. The Balaban J connectivity index is 1.56. The molecule has 0 unspecified atom stereocenters. The molecule has 5 nitrogen and oxygen atoms in total. The van der Waals surface area contributed by atoms with Gasteiger partial charge in [-0.25, -0.2) is 14.4 Å². The van der Waals surface area contributed by atoms with Gasteiger partial charge in [0.25, 0.3) is 5.56 Å². The van der Waals surface area contributed by atoms with Crippen LogP contribution in [0.1, 0.15) is 0 Å². The molecule has 8 heteroatoms. The third kappa shape index (κ3) is 4.37. The maximum absolute atomic E-state index is 13.2. The van der Waals surface area contributed by atoms with Gasteiger partial charge in [0.05, 0.1) is 27.3 Å². The van der Waals surface area contributed by atoms with Crippen molar-refractivity contribution in [3.63, 3.8) is 0 Å². The Kier molecular flexibility index (Phi) is 6.11. The number of ether oxygens (including phenoxy) is 1. The highest BCUT2D eigenvalue weighted by Gasteiger charge is 2.13. The summed E-state index contributed by atoms with van der Waals surface area (Å²) >= 11 is 7.00. The molecule has 4 rings (SSSR count). The molecule has 1 heterocycles. The van der Waals surface area contributed by atoms with Crippen LogP contribution in [0.25, 0.3) is 16.6 Å². The predicted molar refractivity (Wildman–Crippen MR) is 119 cm³/mol. The summed E-state index contributed by atoms with van der Waals surface area (Å²) in [4.78, 5) is 21.8. The number of thioether (sulfide) groups is 1. The van der Waals surface area contributed by atoms with Gasteiger partial charge in [-0.1, -0.05) is 41.9 Å². The Morgan fingerprint density at radius 3 is 2.67 bits per heavy atom. The van der Waals surface area contributed by atoms with E-state index in [1.807, 2.05) is 42.5 Å². The summed E-state index contributed by atoms with van der Waals surface area (Å²) in [6.07, 6.45) is 1.25. The van der Waals surface area contributed by atoms with E-state index in [-0.39, 0.29) is 16.5 Å². The first-order valence-electron chi connectivity index (χ1n) is 8.93. The number of halogens is 2. The van der Waals surface area contributed by atoms with Crippen molar-refractivity contribution in [3.05, 3.63) is 94.0 Å². The van der Waals surface area contributed by atoms with E-state index in [4.69, 9.17) is 16.3 Å². The lowest BCUT2D eigenvalue weighted by atomic mass is 10.2. The van der Waals surface area contributed by atoms with E-state index in [1.165, 1.54) is 36.4 Å². The van der Waals surface area contributed by atoms with Gasteiger partial charge in [0.1, 0.15) is 11.8 Å². The van der Waals surface area contributed by atoms with Crippen LogP contribution in [0.5, 0.6) is 0 Å². The van der Waals surface area contributed by atoms with Crippen molar-refractivity contribution >= 4 is 46.4 Å². The summed E-state index contributed by atoms with van der Waals surface area (Å²) in [7, 11) is 0. The lowest BCUT2D eigenvalue weighted by Gasteiger charge is -2.12. The number of para-hydroxylation sites is 2. The molecule has 0 amide bonds. The van der Waals surface area contributed by atoms with E-state index < -0.39 is 5.82 Å². The molecule has 0 aliphatic rings. The number of benzene rings is 3. The number of hydrogen-bond donors (Lipinski definition) is 0. The van der Waals surface area contributed by atoms with Gasteiger partial charge in [0, 0.05) is 0 Å². The molecule has 0 bridgehead atoms. The zero-order valence-electron chi connectivity index (χ0n) is 15.5. The lowest BCUT2D eigenvalue weighted by Crippen LogP contribution is -2.21. The fourth-order valence-corrected chi connectivity index (χ4v) is 3.68. The SMILES string of the molecule is O=c1c2ccccc2nc(SCOC=Nc2ccc(F)c(Cl)c2)n1-c1ccccc1. The average Bonchev–Trinajstić information content (AvgIpc) is 2.77. The zero-order valence-corrected chi connectivity index (χ0v) is 17.1. The van der Waals surface area contributed by atoms with Gasteiger partial charge in [-0.15, -0.1) is 0 Å². The summed E-state index contributed by atoms with van der Waals surface area (Å²) in [5.74, 6) is -0.330. The Morgan fingerprint density at radius 1 is 1.10 bits per heavy atom. The molecule has 0 N–H and O–H groups in total. The van der Waals surface area contributed by atoms with Gasteiger partial charge in [0.15, 0.2) is 11.6 Å². The molecule has 0 radical (unpaired) electrons. The fraction of sp³-hybridized carbons (Fsp3) is 0.0455. The first-order chi connectivity index (χ1) is 14.6. The van der Waals surface area contributed by atoms with Gasteiger partial charge < -0.3 is 4.74 Å². The minimum atomic E-state index is -0.506. The molecule has 0 saturated carbocycles. The second-order valence-corrected chi connectivity index (χ2v) is 7.45. The van der Waals surface area contributed by atoms with E-state index in [2.05, 4.69) is 9.98 Å². The van der Waals surface area contributed by atoms with Gasteiger partial charge in [-0.3, -0.25) is 9.36 Å². The van der Waals surface area contributed by atoms with Crippen LogP contribution in [0.4, 0.5) is 10.1 Å². The summed E-state index contributed by atoms with van der Waals surface area (Å²) in [5.41, 5.74) is 1.66. The van der Waals surface area contributed by atoms with Crippen LogP contribution in [-0.2, 0) is 4.74 Å². The van der Waals surface area contributed by atoms with Crippen LogP contribution in [0.3, 0.4) is 0 Å². The molecule has 1 aromatic heterocycles. The van der Waals surface area contributed by atoms with Crippen LogP contribution in [0.15, 0.2) is 87.7 Å². The van der Waals surface area contributed by atoms with Gasteiger partial charge >= 0.3 is 0 Å². The van der Waals surface area contributed by atoms with Gasteiger partial charge in [-0.2, -0.15) is 0 Å². The highest BCUT2D eigenvalue weighted by Crippen LogP contribution is 2.23. The van der Waals surface area contributed by atoms with Crippen LogP contribution in [0.2, 0.25) is 5.02 Å². The van der Waals surface area contributed by atoms with Crippen molar-refractivity contribution in [3.8, 4) is 5.69 Å². The second kappa shape index (κ2) is 9.11. The quantitative estimate of drug-likeness (QED) is 0.0979. The monoisotopic (exact) mass is 439 g/mol. The summed E-state index contributed by atoms with van der Waals surface area (Å²) < 4.78 is 20.2. The number of fused-ring (bicyclic) bond motifs is 1. The molecule has 150 valence electrons. The topological polar surface area (TPSA) is 56.5 Å². The zero-order chi connectivity index (χ0) is 20.9. The number of hydrogen-bond acceptors (Lipinski definition) is 5.